The second-order valence-corrected chi connectivity index (χ2v) is 8.19. The number of non-ortho nitro benzene ring substituents is 1. The van der Waals surface area contributed by atoms with E-state index in [1.807, 2.05) is 18.2 Å². The predicted molar refractivity (Wildman–Crippen MR) is 127 cm³/mol. The molecule has 2 aromatic heterocycles. The van der Waals surface area contributed by atoms with E-state index in [9.17, 15) is 18.5 Å². The zero-order valence-electron chi connectivity index (χ0n) is 18.3. The van der Waals surface area contributed by atoms with E-state index >= 15 is 0 Å². The van der Waals surface area contributed by atoms with Crippen LogP contribution in [0.2, 0.25) is 0 Å². The van der Waals surface area contributed by atoms with Crippen LogP contribution in [0.25, 0.3) is 11.3 Å². The number of methoxy groups -OCH3 is 1. The maximum absolute atomic E-state index is 12.7. The monoisotopic (exact) mass is 590 g/mol. The Morgan fingerprint density at radius 1 is 0.914 bits per heavy atom. The number of nitro benzene ring substituents is 1. The van der Waals surface area contributed by atoms with Crippen LogP contribution in [0, 0.1) is 10.1 Å². The van der Waals surface area contributed by atoms with Gasteiger partial charge >= 0.3 is 0 Å². The zero-order valence-corrected chi connectivity index (χ0v) is 20.6. The Morgan fingerprint density at radius 2 is 1.57 bits per heavy atom. The molecule has 35 heavy (non-hydrogen) atoms. The molecule has 0 saturated heterocycles. The van der Waals surface area contributed by atoms with Crippen molar-refractivity contribution in [3.8, 4) is 17.0 Å². The first-order chi connectivity index (χ1) is 15.9. The third-order valence-electron chi connectivity index (χ3n) is 4.34. The third kappa shape index (κ3) is 8.22. The number of hydrogen-bond donors (Lipinski definition) is 1. The van der Waals surface area contributed by atoms with Crippen molar-refractivity contribution in [3.05, 3.63) is 108 Å². The van der Waals surface area contributed by atoms with Gasteiger partial charge < -0.3 is 4.74 Å². The fourth-order valence-electron chi connectivity index (χ4n) is 2.74. The van der Waals surface area contributed by atoms with Gasteiger partial charge in [-0.1, -0.05) is 24.3 Å². The molecule has 0 atom stereocenters. The Morgan fingerprint density at radius 3 is 2.11 bits per heavy atom. The summed E-state index contributed by atoms with van der Waals surface area (Å²) in [4.78, 5) is 18.1. The normalized spacial score (nSPS) is 9.86. The molecule has 4 rings (SSSR count). The summed E-state index contributed by atoms with van der Waals surface area (Å²) in [6.45, 7) is 0. The number of sulfonamides is 1. The number of anilines is 1. The van der Waals surface area contributed by atoms with Crippen LogP contribution in [0.15, 0.2) is 102 Å². The maximum atomic E-state index is 12.7. The number of benzene rings is 2. The molecule has 0 amide bonds. The molecule has 0 fully saturated rings. The summed E-state index contributed by atoms with van der Waals surface area (Å²) >= 11 is 0. The molecule has 0 bridgehead atoms. The molecule has 0 radical (unpaired) electrons. The number of ether oxygens (including phenoxy) is 1. The molecule has 0 aliphatic carbocycles. The minimum atomic E-state index is -3.93. The van der Waals surface area contributed by atoms with Crippen molar-refractivity contribution < 1.29 is 43.2 Å². The molecule has 0 spiro atoms. The van der Waals surface area contributed by atoms with Gasteiger partial charge in [-0.3, -0.25) is 29.5 Å². The van der Waals surface area contributed by atoms with E-state index < -0.39 is 14.9 Å². The van der Waals surface area contributed by atoms with Gasteiger partial charge in [0.1, 0.15) is 5.75 Å². The fraction of sp³-hybridized carbons (Fsp3) is 0.0435. The number of pyridine rings is 2. The molecule has 0 aliphatic heterocycles. The summed E-state index contributed by atoms with van der Waals surface area (Å²) in [5.41, 5.74) is 1.25. The maximum Gasteiger partial charge on any atom is 0.269 e. The zero-order chi connectivity index (χ0) is 23.7. The first-order valence-corrected chi connectivity index (χ1v) is 11.1. The van der Waals surface area contributed by atoms with E-state index in [2.05, 4.69) is 14.7 Å². The van der Waals surface area contributed by atoms with Gasteiger partial charge in [0.2, 0.25) is 0 Å². The van der Waals surface area contributed by atoms with Crippen molar-refractivity contribution in [2.24, 2.45) is 0 Å². The van der Waals surface area contributed by atoms with Crippen LogP contribution >= 0.6 is 0 Å². The van der Waals surface area contributed by atoms with Crippen LogP contribution in [0.4, 0.5) is 16.1 Å². The van der Waals surface area contributed by atoms with E-state index in [-0.39, 0.29) is 35.7 Å². The molecule has 12 heteroatoms. The second-order valence-electron chi connectivity index (χ2n) is 6.51. The molecule has 0 saturated carbocycles. The van der Waals surface area contributed by atoms with Crippen molar-refractivity contribution in [2.75, 3.05) is 11.8 Å². The van der Waals surface area contributed by atoms with E-state index in [1.165, 1.54) is 19.2 Å². The molecule has 9 nitrogen and oxygen atoms in total. The number of nitrogens with one attached hydrogen (secondary N) is 1. The summed E-state index contributed by atoms with van der Waals surface area (Å²) in [7, 11) is -2.40. The predicted octanol–water partition coefficient (Wildman–Crippen LogP) is 4.70. The molecule has 186 valence electrons. The number of rotatable bonds is 6. The molecular formula is C23H21FN4O5PdS. The summed E-state index contributed by atoms with van der Waals surface area (Å²) < 4.78 is 33.0. The molecule has 2 aromatic carbocycles. The van der Waals surface area contributed by atoms with Gasteiger partial charge in [-0.05, 0) is 36.4 Å². The topological polar surface area (TPSA) is 124 Å². The Kier molecular flexibility index (Phi) is 11.6. The van der Waals surface area contributed by atoms with Gasteiger partial charge in [0.15, 0.2) is 0 Å². The quantitative estimate of drug-likeness (QED) is 0.196. The molecule has 0 aliphatic rings. The Balaban J connectivity index is 0.000000671. The first kappa shape index (κ1) is 29.3. The first-order valence-electron chi connectivity index (χ1n) is 9.62. The van der Waals surface area contributed by atoms with Gasteiger partial charge in [0.05, 0.1) is 28.3 Å². The average molecular weight is 591 g/mol. The van der Waals surface area contributed by atoms with E-state index in [1.54, 1.807) is 55.0 Å². The minimum Gasteiger partial charge on any atom is -0.497 e. The molecule has 1 N–H and O–H groups in total. The van der Waals surface area contributed by atoms with Crippen LogP contribution in [-0.2, 0) is 30.4 Å². The van der Waals surface area contributed by atoms with Crippen LogP contribution in [0.3, 0.4) is 0 Å². The minimum absolute atomic E-state index is 0. The number of halogens is 1. The van der Waals surface area contributed by atoms with Gasteiger partial charge in [-0.15, -0.1) is 0 Å². The van der Waals surface area contributed by atoms with Crippen LogP contribution < -0.4 is 9.46 Å². The van der Waals surface area contributed by atoms with Gasteiger partial charge in [0, 0.05) is 62.8 Å². The Labute approximate surface area is 215 Å². The number of nitrogens with zero attached hydrogens (tertiary/aromatic N) is 3. The van der Waals surface area contributed by atoms with Crippen molar-refractivity contribution >= 4 is 21.4 Å². The summed E-state index contributed by atoms with van der Waals surface area (Å²) in [5, 5.41) is 10.7. The summed E-state index contributed by atoms with van der Waals surface area (Å²) in [5.74, 6) is 0.591. The number of aromatic nitrogens is 2. The van der Waals surface area contributed by atoms with Crippen LogP contribution in [0.5, 0.6) is 5.75 Å². The van der Waals surface area contributed by atoms with Gasteiger partial charge in [0.25, 0.3) is 15.7 Å². The molecule has 0 unspecified atom stereocenters. The van der Waals surface area contributed by atoms with Crippen LogP contribution in [0.1, 0.15) is 0 Å². The summed E-state index contributed by atoms with van der Waals surface area (Å²) in [6.07, 6.45) is 5.07. The fourth-order valence-corrected chi connectivity index (χ4v) is 3.82. The van der Waals surface area contributed by atoms with E-state index in [4.69, 9.17) is 4.74 Å². The number of nitro groups is 1. The largest absolute Gasteiger partial charge is 0.497 e. The van der Waals surface area contributed by atoms with Crippen molar-refractivity contribution in [1.29, 1.82) is 0 Å². The third-order valence-corrected chi connectivity index (χ3v) is 5.72. The molecular weight excluding hydrogens is 570 g/mol. The van der Waals surface area contributed by atoms with Crippen LogP contribution in [-0.4, -0.2) is 30.4 Å². The molecule has 4 aromatic rings. The van der Waals surface area contributed by atoms with E-state index in [0.717, 1.165) is 12.1 Å². The van der Waals surface area contributed by atoms with Crippen molar-refractivity contribution in [2.45, 2.75) is 4.90 Å². The standard InChI is InChI=1S/C18H15N3O5S.C5H5N.FH.Pd/c1-26-14-10-11-19-18(12-14)16-4-2-3-5-17(16)20-27(24,25)15-8-6-13(7-9-15)21(22)23;1-2-4-6-5-3-1;;/h2-12,20H,1H3;1-5H;1H;. The summed E-state index contributed by atoms with van der Waals surface area (Å²) in [6, 6.07) is 20.6. The Bertz CT molecular complexity index is 1300. The van der Waals surface area contributed by atoms with Gasteiger partial charge in [-0.2, -0.15) is 0 Å². The SMILES string of the molecule is COc1ccnc(-c2ccccc2NS(=O)(=O)c2ccc([N+](=O)[O-])cc2)c1.F.[Pd].c1ccncc1. The second kappa shape index (κ2) is 13.9. The van der Waals surface area contributed by atoms with Gasteiger partial charge in [-0.25, -0.2) is 8.42 Å². The smallest absolute Gasteiger partial charge is 0.269 e. The van der Waals surface area contributed by atoms with Crippen molar-refractivity contribution in [1.82, 2.24) is 9.97 Å². The molecule has 2 heterocycles. The number of para-hydroxylation sites is 1. The van der Waals surface area contributed by atoms with E-state index in [0.29, 0.717) is 22.7 Å². The van der Waals surface area contributed by atoms with Crippen molar-refractivity contribution in [3.63, 3.8) is 0 Å². The Hall–Kier alpha value is -3.72. The average Bonchev–Trinajstić information content (AvgIpc) is 2.85. The number of hydrogen-bond acceptors (Lipinski definition) is 7.